The molecule has 0 bridgehead atoms. The number of aryl methyl sites for hydroxylation is 1. The van der Waals surface area contributed by atoms with Crippen LogP contribution in [0, 0.1) is 0 Å². The summed E-state index contributed by atoms with van der Waals surface area (Å²) in [6.45, 7) is 3.72. The lowest BCUT2D eigenvalue weighted by Crippen LogP contribution is -2.33. The van der Waals surface area contributed by atoms with Crippen LogP contribution < -0.4 is 4.74 Å². The summed E-state index contributed by atoms with van der Waals surface area (Å²) in [5, 5.41) is 4.15. The highest BCUT2D eigenvalue weighted by Gasteiger charge is 2.27. The van der Waals surface area contributed by atoms with E-state index in [1.165, 1.54) is 11.8 Å². The van der Waals surface area contributed by atoms with Gasteiger partial charge in [-0.15, -0.1) is 0 Å². The molecule has 0 atom stereocenters. The molecule has 0 amide bonds. The molecular formula is C17H23N3O3S. The van der Waals surface area contributed by atoms with E-state index in [1.807, 2.05) is 25.1 Å². The van der Waals surface area contributed by atoms with Crippen molar-refractivity contribution in [2.24, 2.45) is 0 Å². The molecule has 0 aliphatic carbocycles. The smallest absolute Gasteiger partial charge is 0.246 e. The molecule has 0 saturated carbocycles. The van der Waals surface area contributed by atoms with Gasteiger partial charge in [0.05, 0.1) is 13.3 Å². The van der Waals surface area contributed by atoms with Crippen LogP contribution >= 0.6 is 0 Å². The van der Waals surface area contributed by atoms with Crippen LogP contribution in [0.25, 0.3) is 0 Å². The Kier molecular flexibility index (Phi) is 4.91. The second kappa shape index (κ2) is 6.94. The Labute approximate surface area is 143 Å². The van der Waals surface area contributed by atoms with Crippen LogP contribution in [0.15, 0.2) is 35.5 Å². The van der Waals surface area contributed by atoms with Gasteiger partial charge in [0, 0.05) is 25.8 Å². The molecule has 130 valence electrons. The molecule has 6 nitrogen and oxygen atoms in total. The number of benzene rings is 1. The minimum absolute atomic E-state index is 0.277. The van der Waals surface area contributed by atoms with Crippen LogP contribution in [-0.2, 0) is 29.4 Å². The zero-order valence-corrected chi connectivity index (χ0v) is 14.9. The fraction of sp³-hybridized carbons (Fsp3) is 0.471. The molecule has 3 rings (SSSR count). The van der Waals surface area contributed by atoms with Crippen molar-refractivity contribution >= 4 is 10.0 Å². The predicted molar refractivity (Wildman–Crippen MR) is 91.7 cm³/mol. The molecule has 24 heavy (non-hydrogen) atoms. The quantitative estimate of drug-likeness (QED) is 0.829. The van der Waals surface area contributed by atoms with Gasteiger partial charge in [0.1, 0.15) is 10.6 Å². The molecular weight excluding hydrogens is 326 g/mol. The lowest BCUT2D eigenvalue weighted by atomic mass is 10.0. The summed E-state index contributed by atoms with van der Waals surface area (Å²) < 4.78 is 34.3. The van der Waals surface area contributed by atoms with Gasteiger partial charge in [-0.25, -0.2) is 8.42 Å². The predicted octanol–water partition coefficient (Wildman–Crippen LogP) is 2.09. The second-order valence-electron chi connectivity index (χ2n) is 5.98. The molecule has 0 unspecified atom stereocenters. The van der Waals surface area contributed by atoms with Crippen molar-refractivity contribution in [1.29, 1.82) is 0 Å². The summed E-state index contributed by atoms with van der Waals surface area (Å²) in [7, 11) is -1.86. The molecule has 0 fully saturated rings. The van der Waals surface area contributed by atoms with Crippen molar-refractivity contribution in [3.63, 3.8) is 0 Å². The van der Waals surface area contributed by atoms with Crippen molar-refractivity contribution in [3.8, 4) is 5.75 Å². The Balaban J connectivity index is 1.80. The molecule has 2 aromatic rings. The maximum absolute atomic E-state index is 12.9. The number of ether oxygens (including phenoxy) is 1. The van der Waals surface area contributed by atoms with Gasteiger partial charge in [-0.3, -0.25) is 4.68 Å². The monoisotopic (exact) mass is 349 g/mol. The van der Waals surface area contributed by atoms with E-state index >= 15 is 0 Å². The second-order valence-corrected chi connectivity index (χ2v) is 7.92. The lowest BCUT2D eigenvalue weighted by molar-refractivity contribution is 0.414. The van der Waals surface area contributed by atoms with Gasteiger partial charge >= 0.3 is 0 Å². The number of rotatable bonds is 5. The summed E-state index contributed by atoms with van der Waals surface area (Å²) >= 11 is 0. The zero-order chi connectivity index (χ0) is 17.2. The number of hydrogen-bond acceptors (Lipinski definition) is 4. The summed E-state index contributed by atoms with van der Waals surface area (Å²) in [6.07, 6.45) is 5.39. The Bertz CT molecular complexity index is 814. The van der Waals surface area contributed by atoms with Crippen LogP contribution in [0.5, 0.6) is 5.75 Å². The van der Waals surface area contributed by atoms with Gasteiger partial charge in [0.2, 0.25) is 10.0 Å². The van der Waals surface area contributed by atoms with Gasteiger partial charge < -0.3 is 4.74 Å². The molecule has 1 aromatic carbocycles. The van der Waals surface area contributed by atoms with Gasteiger partial charge in [0.25, 0.3) is 0 Å². The van der Waals surface area contributed by atoms with Crippen LogP contribution in [0.2, 0.25) is 0 Å². The molecule has 7 heteroatoms. The minimum Gasteiger partial charge on any atom is -0.497 e. The normalized spacial score (nSPS) is 15.8. The average Bonchev–Trinajstić information content (AvgIpc) is 2.94. The van der Waals surface area contributed by atoms with E-state index in [0.29, 0.717) is 25.9 Å². The maximum atomic E-state index is 12.9. The van der Waals surface area contributed by atoms with E-state index < -0.39 is 10.0 Å². The number of sulfonamides is 1. The minimum atomic E-state index is -3.50. The Morgan fingerprint density at radius 2 is 1.96 bits per heavy atom. The number of fused-ring (bicyclic) bond motifs is 1. The number of aromatic nitrogens is 2. The van der Waals surface area contributed by atoms with Gasteiger partial charge in [-0.05, 0) is 42.5 Å². The van der Waals surface area contributed by atoms with Crippen LogP contribution in [-0.4, -0.2) is 42.7 Å². The third kappa shape index (κ3) is 3.32. The molecule has 1 aliphatic heterocycles. The molecule has 0 saturated heterocycles. The molecule has 1 aliphatic rings. The van der Waals surface area contributed by atoms with Crippen molar-refractivity contribution in [3.05, 3.63) is 41.7 Å². The first-order chi connectivity index (χ1) is 11.5. The zero-order valence-electron chi connectivity index (χ0n) is 14.1. The largest absolute Gasteiger partial charge is 0.497 e. The van der Waals surface area contributed by atoms with E-state index in [0.717, 1.165) is 24.3 Å². The first-order valence-corrected chi connectivity index (χ1v) is 9.67. The van der Waals surface area contributed by atoms with Gasteiger partial charge in [-0.2, -0.15) is 9.40 Å². The summed E-state index contributed by atoms with van der Waals surface area (Å²) in [5.41, 5.74) is 2.35. The standard InChI is InChI=1S/C17H23N3O3S/c1-3-8-19-13-17(12-18-19)24(21,22)20-9-6-14-4-5-16(23-2)11-15(14)7-10-20/h4-5,11-13H,3,6-10H2,1-2H3. The highest BCUT2D eigenvalue weighted by molar-refractivity contribution is 7.89. The number of nitrogens with zero attached hydrogens (tertiary/aromatic N) is 3. The summed E-state index contributed by atoms with van der Waals surface area (Å²) in [5.74, 6) is 0.811. The van der Waals surface area contributed by atoms with Gasteiger partial charge in [0.15, 0.2) is 0 Å². The van der Waals surface area contributed by atoms with Crippen LogP contribution in [0.3, 0.4) is 0 Å². The topological polar surface area (TPSA) is 64.4 Å². The fourth-order valence-electron chi connectivity index (χ4n) is 3.03. The fourth-order valence-corrected chi connectivity index (χ4v) is 4.42. The van der Waals surface area contributed by atoms with Crippen molar-refractivity contribution in [2.75, 3.05) is 20.2 Å². The van der Waals surface area contributed by atoms with Gasteiger partial charge in [-0.1, -0.05) is 13.0 Å². The van der Waals surface area contributed by atoms with Crippen LogP contribution in [0.1, 0.15) is 24.5 Å². The SMILES string of the molecule is CCCn1cc(S(=O)(=O)N2CCc3ccc(OC)cc3CC2)cn1. The molecule has 0 radical (unpaired) electrons. The highest BCUT2D eigenvalue weighted by Crippen LogP contribution is 2.24. The first kappa shape index (κ1) is 17.0. The van der Waals surface area contributed by atoms with Crippen molar-refractivity contribution in [2.45, 2.75) is 37.6 Å². The number of methoxy groups -OCH3 is 1. The third-order valence-corrected chi connectivity index (χ3v) is 6.23. The molecule has 0 N–H and O–H groups in total. The van der Waals surface area contributed by atoms with Crippen molar-refractivity contribution in [1.82, 2.24) is 14.1 Å². The molecule has 0 spiro atoms. The Hall–Kier alpha value is -1.86. The van der Waals surface area contributed by atoms with E-state index in [4.69, 9.17) is 4.74 Å². The summed E-state index contributed by atoms with van der Waals surface area (Å²) in [6, 6.07) is 5.96. The van der Waals surface area contributed by atoms with Crippen molar-refractivity contribution < 1.29 is 13.2 Å². The highest BCUT2D eigenvalue weighted by atomic mass is 32.2. The van der Waals surface area contributed by atoms with E-state index in [9.17, 15) is 8.42 Å². The first-order valence-electron chi connectivity index (χ1n) is 8.23. The maximum Gasteiger partial charge on any atom is 0.246 e. The lowest BCUT2D eigenvalue weighted by Gasteiger charge is -2.18. The third-order valence-electron chi connectivity index (χ3n) is 4.37. The van der Waals surface area contributed by atoms with E-state index in [-0.39, 0.29) is 4.90 Å². The Morgan fingerprint density at radius 1 is 1.21 bits per heavy atom. The average molecular weight is 349 g/mol. The summed E-state index contributed by atoms with van der Waals surface area (Å²) in [4.78, 5) is 0.277. The van der Waals surface area contributed by atoms with E-state index in [2.05, 4.69) is 5.10 Å². The number of hydrogen-bond donors (Lipinski definition) is 0. The molecule has 1 aromatic heterocycles. The Morgan fingerprint density at radius 3 is 2.67 bits per heavy atom. The molecule has 2 heterocycles. The van der Waals surface area contributed by atoms with Crippen LogP contribution in [0.4, 0.5) is 0 Å². The van der Waals surface area contributed by atoms with E-state index in [1.54, 1.807) is 22.3 Å².